The zero-order chi connectivity index (χ0) is 12.5. The van der Waals surface area contributed by atoms with E-state index in [0.29, 0.717) is 12.4 Å². The van der Waals surface area contributed by atoms with Gasteiger partial charge in [-0.15, -0.1) is 0 Å². The van der Waals surface area contributed by atoms with E-state index in [-0.39, 0.29) is 5.91 Å². The second-order valence-electron chi connectivity index (χ2n) is 4.26. The zero-order valence-corrected chi connectivity index (χ0v) is 11.3. The lowest BCUT2D eigenvalue weighted by molar-refractivity contribution is -0.121. The Balaban J connectivity index is 2.38. The lowest BCUT2D eigenvalue weighted by Gasteiger charge is -2.36. The van der Waals surface area contributed by atoms with E-state index in [1.165, 1.54) is 0 Å². The third kappa shape index (κ3) is 2.49. The summed E-state index contributed by atoms with van der Waals surface area (Å²) in [6.07, 6.45) is 0.391. The van der Waals surface area contributed by atoms with Gasteiger partial charge in [0.25, 0.3) is 0 Å². The number of carbonyl (C=O) groups is 1. The van der Waals surface area contributed by atoms with Crippen molar-refractivity contribution < 1.29 is 4.79 Å². The summed E-state index contributed by atoms with van der Waals surface area (Å²) in [6.45, 7) is 2.00. The van der Waals surface area contributed by atoms with Gasteiger partial charge in [0.15, 0.2) is 5.96 Å². The monoisotopic (exact) mass is 295 g/mol. The van der Waals surface area contributed by atoms with Crippen molar-refractivity contribution in [3.8, 4) is 0 Å². The molecule has 1 aliphatic rings. The number of benzene rings is 1. The Morgan fingerprint density at radius 3 is 2.88 bits per heavy atom. The van der Waals surface area contributed by atoms with Crippen LogP contribution in [0.3, 0.4) is 0 Å². The van der Waals surface area contributed by atoms with Crippen LogP contribution >= 0.6 is 15.9 Å². The maximum Gasteiger partial charge on any atom is 0.229 e. The SMILES string of the molecule is CN=C1NC(=O)C[C@@](C)(c2cccc(Br)c2)N1. The second kappa shape index (κ2) is 4.49. The molecule has 1 saturated heterocycles. The number of rotatable bonds is 1. The first kappa shape index (κ1) is 12.1. The van der Waals surface area contributed by atoms with Gasteiger partial charge in [-0.2, -0.15) is 0 Å². The van der Waals surface area contributed by atoms with Crippen molar-refractivity contribution >= 4 is 27.8 Å². The summed E-state index contributed by atoms with van der Waals surface area (Å²) in [7, 11) is 1.65. The van der Waals surface area contributed by atoms with Crippen molar-refractivity contribution in [2.45, 2.75) is 18.9 Å². The van der Waals surface area contributed by atoms with Gasteiger partial charge in [-0.25, -0.2) is 0 Å². The number of hydrogen-bond acceptors (Lipinski definition) is 2. The smallest absolute Gasteiger partial charge is 0.229 e. The van der Waals surface area contributed by atoms with Crippen molar-refractivity contribution in [1.82, 2.24) is 10.6 Å². The average molecular weight is 296 g/mol. The van der Waals surface area contributed by atoms with Crippen LogP contribution in [-0.4, -0.2) is 18.9 Å². The van der Waals surface area contributed by atoms with Gasteiger partial charge in [-0.3, -0.25) is 15.1 Å². The topological polar surface area (TPSA) is 53.5 Å². The van der Waals surface area contributed by atoms with Crippen LogP contribution in [0.2, 0.25) is 0 Å². The fourth-order valence-electron chi connectivity index (χ4n) is 1.95. The minimum absolute atomic E-state index is 0.0215. The van der Waals surface area contributed by atoms with E-state index < -0.39 is 5.54 Å². The van der Waals surface area contributed by atoms with Crippen molar-refractivity contribution in [3.05, 3.63) is 34.3 Å². The summed E-state index contributed by atoms with van der Waals surface area (Å²) in [4.78, 5) is 15.7. The molecule has 0 aromatic heterocycles. The summed E-state index contributed by atoms with van der Waals surface area (Å²) in [5.41, 5.74) is 0.643. The van der Waals surface area contributed by atoms with Crippen molar-refractivity contribution in [2.24, 2.45) is 4.99 Å². The molecule has 1 heterocycles. The highest BCUT2D eigenvalue weighted by Crippen LogP contribution is 2.28. The van der Waals surface area contributed by atoms with Crippen LogP contribution in [0.4, 0.5) is 0 Å². The van der Waals surface area contributed by atoms with Gasteiger partial charge in [0.2, 0.25) is 5.91 Å². The largest absolute Gasteiger partial charge is 0.346 e. The molecular formula is C12H14BrN3O. The number of nitrogens with one attached hydrogen (secondary N) is 2. The average Bonchev–Trinajstić information content (AvgIpc) is 2.28. The van der Waals surface area contributed by atoms with Crippen molar-refractivity contribution in [1.29, 1.82) is 0 Å². The Labute approximate surface area is 109 Å². The molecule has 1 aromatic rings. The molecule has 0 saturated carbocycles. The summed E-state index contributed by atoms with van der Waals surface area (Å²) >= 11 is 3.44. The van der Waals surface area contributed by atoms with E-state index in [2.05, 4.69) is 31.6 Å². The minimum Gasteiger partial charge on any atom is -0.346 e. The Kier molecular flexibility index (Phi) is 3.19. The summed E-state index contributed by atoms with van der Waals surface area (Å²) in [5.74, 6) is 0.496. The maximum atomic E-state index is 11.7. The molecule has 4 nitrogen and oxygen atoms in total. The van der Waals surface area contributed by atoms with Crippen LogP contribution < -0.4 is 10.6 Å². The summed E-state index contributed by atoms with van der Waals surface area (Å²) in [6, 6.07) is 7.94. The van der Waals surface area contributed by atoms with E-state index >= 15 is 0 Å². The Hall–Kier alpha value is -1.36. The molecule has 0 aliphatic carbocycles. The number of nitrogens with zero attached hydrogens (tertiary/aromatic N) is 1. The summed E-state index contributed by atoms with van der Waals surface area (Å²) < 4.78 is 0.999. The van der Waals surface area contributed by atoms with Crippen LogP contribution in [0, 0.1) is 0 Å². The predicted octanol–water partition coefficient (Wildman–Crippen LogP) is 1.76. The number of guanidine groups is 1. The molecule has 0 unspecified atom stereocenters. The van der Waals surface area contributed by atoms with Gasteiger partial charge in [0, 0.05) is 11.5 Å². The van der Waals surface area contributed by atoms with Crippen molar-refractivity contribution in [3.63, 3.8) is 0 Å². The van der Waals surface area contributed by atoms with Crippen LogP contribution in [0.1, 0.15) is 18.9 Å². The number of amides is 1. The number of halogens is 1. The quantitative estimate of drug-likeness (QED) is 0.829. The Bertz CT molecular complexity index is 486. The first-order chi connectivity index (χ1) is 8.03. The predicted molar refractivity (Wildman–Crippen MR) is 70.7 cm³/mol. The molecule has 1 aliphatic heterocycles. The Morgan fingerprint density at radius 1 is 1.47 bits per heavy atom. The fraction of sp³-hybridized carbons (Fsp3) is 0.333. The van der Waals surface area contributed by atoms with E-state index in [4.69, 9.17) is 0 Å². The third-order valence-corrected chi connectivity index (χ3v) is 3.34. The van der Waals surface area contributed by atoms with E-state index in [9.17, 15) is 4.79 Å². The molecule has 2 N–H and O–H groups in total. The third-order valence-electron chi connectivity index (χ3n) is 2.85. The van der Waals surface area contributed by atoms with E-state index in [0.717, 1.165) is 10.0 Å². The molecule has 17 heavy (non-hydrogen) atoms. The first-order valence-corrected chi connectivity index (χ1v) is 6.14. The van der Waals surface area contributed by atoms with E-state index in [1.807, 2.05) is 31.2 Å². The number of aliphatic imine (C=N–C) groups is 1. The van der Waals surface area contributed by atoms with E-state index in [1.54, 1.807) is 7.05 Å². The maximum absolute atomic E-state index is 11.7. The standard InChI is InChI=1S/C12H14BrN3O/c1-12(8-4-3-5-9(13)6-8)7-10(17)15-11(14-2)16-12/h3-6H,7H2,1-2H3,(H2,14,15,16,17)/t12-/m0/s1. The van der Waals surface area contributed by atoms with Gasteiger partial charge >= 0.3 is 0 Å². The van der Waals surface area contributed by atoms with Gasteiger partial charge in [0.05, 0.1) is 12.0 Å². The van der Waals surface area contributed by atoms with Gasteiger partial charge < -0.3 is 5.32 Å². The lowest BCUT2D eigenvalue weighted by atomic mass is 9.87. The number of carbonyl (C=O) groups excluding carboxylic acids is 1. The van der Waals surface area contributed by atoms with Crippen LogP contribution in [0.5, 0.6) is 0 Å². The van der Waals surface area contributed by atoms with Crippen LogP contribution in [0.15, 0.2) is 33.7 Å². The van der Waals surface area contributed by atoms with Gasteiger partial charge in [-0.05, 0) is 24.6 Å². The summed E-state index contributed by atoms with van der Waals surface area (Å²) in [5, 5.41) is 5.94. The molecule has 90 valence electrons. The normalized spacial score (nSPS) is 26.5. The van der Waals surface area contributed by atoms with Crippen molar-refractivity contribution in [2.75, 3.05) is 7.05 Å². The first-order valence-electron chi connectivity index (χ1n) is 5.34. The molecule has 1 amide bonds. The molecule has 0 bridgehead atoms. The molecule has 5 heteroatoms. The van der Waals surface area contributed by atoms with Gasteiger partial charge in [-0.1, -0.05) is 28.1 Å². The molecule has 2 rings (SSSR count). The number of hydrogen-bond donors (Lipinski definition) is 2. The molecule has 1 atom stereocenters. The molecule has 0 radical (unpaired) electrons. The highest BCUT2D eigenvalue weighted by atomic mass is 79.9. The lowest BCUT2D eigenvalue weighted by Crippen LogP contribution is -2.58. The van der Waals surface area contributed by atoms with Crippen LogP contribution in [-0.2, 0) is 10.3 Å². The van der Waals surface area contributed by atoms with Crippen LogP contribution in [0.25, 0.3) is 0 Å². The fourth-order valence-corrected chi connectivity index (χ4v) is 2.35. The molecule has 0 spiro atoms. The van der Waals surface area contributed by atoms with Gasteiger partial charge in [0.1, 0.15) is 0 Å². The zero-order valence-electron chi connectivity index (χ0n) is 9.75. The Morgan fingerprint density at radius 2 is 2.24 bits per heavy atom. The second-order valence-corrected chi connectivity index (χ2v) is 5.18. The molecular weight excluding hydrogens is 282 g/mol. The minimum atomic E-state index is -0.416. The molecule has 1 fully saturated rings. The molecule has 1 aromatic carbocycles. The highest BCUT2D eigenvalue weighted by Gasteiger charge is 2.35. The highest BCUT2D eigenvalue weighted by molar-refractivity contribution is 9.10.